The van der Waals surface area contributed by atoms with Crippen molar-refractivity contribution in [2.24, 2.45) is 0 Å². The molecular weight excluding hydrogens is 277 g/mol. The molecule has 0 aliphatic carbocycles. The number of rotatable bonds is 5. The minimum absolute atomic E-state index is 0.170. The van der Waals surface area contributed by atoms with Crippen LogP contribution in [-0.2, 0) is 25.5 Å². The number of carbonyl (C=O) groups excluding carboxylic acids is 2. The van der Waals surface area contributed by atoms with Gasteiger partial charge < -0.3 is 14.8 Å². The minimum Gasteiger partial charge on any atom is -0.467 e. The fourth-order valence-corrected chi connectivity index (χ4v) is 2.28. The van der Waals surface area contributed by atoms with Crippen molar-refractivity contribution in [3.05, 3.63) is 35.6 Å². The van der Waals surface area contributed by atoms with Crippen molar-refractivity contribution in [3.63, 3.8) is 0 Å². The lowest BCUT2D eigenvalue weighted by Gasteiger charge is -2.18. The molecule has 2 atom stereocenters. The van der Waals surface area contributed by atoms with Gasteiger partial charge in [0.25, 0.3) is 0 Å². The molecule has 1 aromatic carbocycles. The standard InChI is InChI=1S/C15H18FNO4/c1-20-15(19)12(9-10-4-2-5-11(16)8-10)17-14(18)13-6-3-7-21-13/h2,4-5,8,12-13H,3,6-7,9H2,1H3,(H,17,18)/t12-,13-/m1/s1. The molecule has 1 amide bonds. The Bertz CT molecular complexity index is 514. The number of amides is 1. The molecule has 5 nitrogen and oxygen atoms in total. The Hall–Kier alpha value is -1.95. The van der Waals surface area contributed by atoms with Crippen molar-refractivity contribution in [3.8, 4) is 0 Å². The van der Waals surface area contributed by atoms with Crippen molar-refractivity contribution in [2.45, 2.75) is 31.4 Å². The van der Waals surface area contributed by atoms with Crippen LogP contribution in [0.1, 0.15) is 18.4 Å². The first-order chi connectivity index (χ1) is 10.1. The van der Waals surface area contributed by atoms with E-state index in [0.29, 0.717) is 18.6 Å². The second-order valence-corrected chi connectivity index (χ2v) is 4.92. The molecule has 1 fully saturated rings. The van der Waals surface area contributed by atoms with Crippen molar-refractivity contribution < 1.29 is 23.5 Å². The first-order valence-corrected chi connectivity index (χ1v) is 6.84. The molecule has 1 aliphatic heterocycles. The van der Waals surface area contributed by atoms with E-state index < -0.39 is 18.1 Å². The number of carbonyl (C=O) groups is 2. The van der Waals surface area contributed by atoms with Gasteiger partial charge in [0.05, 0.1) is 7.11 Å². The third kappa shape index (κ3) is 4.26. The van der Waals surface area contributed by atoms with Gasteiger partial charge in [0, 0.05) is 13.0 Å². The second-order valence-electron chi connectivity index (χ2n) is 4.92. The summed E-state index contributed by atoms with van der Waals surface area (Å²) in [5.41, 5.74) is 0.609. The van der Waals surface area contributed by atoms with E-state index in [-0.39, 0.29) is 18.1 Å². The largest absolute Gasteiger partial charge is 0.467 e. The zero-order valence-electron chi connectivity index (χ0n) is 11.8. The number of hydrogen-bond acceptors (Lipinski definition) is 4. The fourth-order valence-electron chi connectivity index (χ4n) is 2.28. The predicted molar refractivity (Wildman–Crippen MR) is 73.0 cm³/mol. The monoisotopic (exact) mass is 295 g/mol. The van der Waals surface area contributed by atoms with E-state index in [4.69, 9.17) is 9.47 Å². The van der Waals surface area contributed by atoms with Gasteiger partial charge in [0.1, 0.15) is 18.0 Å². The molecule has 2 rings (SSSR count). The van der Waals surface area contributed by atoms with Gasteiger partial charge in [-0.25, -0.2) is 9.18 Å². The van der Waals surface area contributed by atoms with Gasteiger partial charge >= 0.3 is 5.97 Å². The molecule has 0 unspecified atom stereocenters. The van der Waals surface area contributed by atoms with Gasteiger partial charge in [0.2, 0.25) is 5.91 Å². The Morgan fingerprint density at radius 2 is 2.33 bits per heavy atom. The van der Waals surface area contributed by atoms with E-state index in [0.717, 1.165) is 6.42 Å². The van der Waals surface area contributed by atoms with Gasteiger partial charge in [-0.15, -0.1) is 0 Å². The minimum atomic E-state index is -0.853. The van der Waals surface area contributed by atoms with E-state index in [9.17, 15) is 14.0 Å². The summed E-state index contributed by atoms with van der Waals surface area (Å²) in [6, 6.07) is 5.04. The van der Waals surface area contributed by atoms with Crippen LogP contribution in [0.5, 0.6) is 0 Å². The SMILES string of the molecule is COC(=O)[C@@H](Cc1cccc(F)c1)NC(=O)[C@H]1CCCO1. The smallest absolute Gasteiger partial charge is 0.328 e. The van der Waals surface area contributed by atoms with Crippen LogP contribution in [-0.4, -0.2) is 37.7 Å². The zero-order valence-corrected chi connectivity index (χ0v) is 11.8. The molecule has 0 aromatic heterocycles. The van der Waals surface area contributed by atoms with Crippen LogP contribution in [0.2, 0.25) is 0 Å². The highest BCUT2D eigenvalue weighted by molar-refractivity contribution is 5.87. The van der Waals surface area contributed by atoms with E-state index >= 15 is 0 Å². The number of hydrogen-bond donors (Lipinski definition) is 1. The zero-order chi connectivity index (χ0) is 15.2. The van der Waals surface area contributed by atoms with Gasteiger partial charge in [0.15, 0.2) is 0 Å². The second kappa shape index (κ2) is 7.17. The van der Waals surface area contributed by atoms with Gasteiger partial charge in [-0.1, -0.05) is 12.1 Å². The number of ether oxygens (including phenoxy) is 2. The number of methoxy groups -OCH3 is 1. The van der Waals surface area contributed by atoms with Gasteiger partial charge in [-0.3, -0.25) is 4.79 Å². The highest BCUT2D eigenvalue weighted by Gasteiger charge is 2.28. The van der Waals surface area contributed by atoms with Crippen LogP contribution in [0.4, 0.5) is 4.39 Å². The molecule has 1 saturated heterocycles. The van der Waals surface area contributed by atoms with E-state index in [1.54, 1.807) is 12.1 Å². The van der Waals surface area contributed by atoms with E-state index in [1.807, 2.05) is 0 Å². The van der Waals surface area contributed by atoms with Crippen molar-refractivity contribution in [1.29, 1.82) is 0 Å². The van der Waals surface area contributed by atoms with Crippen molar-refractivity contribution in [1.82, 2.24) is 5.32 Å². The molecule has 0 saturated carbocycles. The first kappa shape index (κ1) is 15.4. The summed E-state index contributed by atoms with van der Waals surface area (Å²) < 4.78 is 23.1. The summed E-state index contributed by atoms with van der Waals surface area (Å²) in [6.45, 7) is 0.547. The van der Waals surface area contributed by atoms with Crippen LogP contribution < -0.4 is 5.32 Å². The van der Waals surface area contributed by atoms with Crippen LogP contribution in [0, 0.1) is 5.82 Å². The van der Waals surface area contributed by atoms with Crippen LogP contribution in [0.25, 0.3) is 0 Å². The summed E-state index contributed by atoms with van der Waals surface area (Å²) in [5, 5.41) is 2.62. The predicted octanol–water partition coefficient (Wildman–Crippen LogP) is 1.20. The summed E-state index contributed by atoms with van der Waals surface area (Å²) >= 11 is 0. The van der Waals surface area contributed by atoms with Gasteiger partial charge in [-0.2, -0.15) is 0 Å². The lowest BCUT2D eigenvalue weighted by Crippen LogP contribution is -2.47. The fraction of sp³-hybridized carbons (Fsp3) is 0.467. The quantitative estimate of drug-likeness (QED) is 0.829. The average molecular weight is 295 g/mol. The van der Waals surface area contributed by atoms with E-state index in [2.05, 4.69) is 5.32 Å². The third-order valence-corrected chi connectivity index (χ3v) is 3.35. The summed E-state index contributed by atoms with van der Waals surface area (Å²) in [7, 11) is 1.25. The summed E-state index contributed by atoms with van der Waals surface area (Å²) in [6.07, 6.45) is 1.11. The summed E-state index contributed by atoms with van der Waals surface area (Å²) in [4.78, 5) is 23.8. The maximum absolute atomic E-state index is 13.2. The lowest BCUT2D eigenvalue weighted by atomic mass is 10.1. The highest BCUT2D eigenvalue weighted by atomic mass is 19.1. The molecular formula is C15H18FNO4. The molecule has 0 spiro atoms. The van der Waals surface area contributed by atoms with Crippen LogP contribution in [0.3, 0.4) is 0 Å². The molecule has 1 aromatic rings. The number of benzene rings is 1. The highest BCUT2D eigenvalue weighted by Crippen LogP contribution is 2.13. The van der Waals surface area contributed by atoms with Crippen LogP contribution in [0.15, 0.2) is 24.3 Å². The van der Waals surface area contributed by atoms with Crippen molar-refractivity contribution >= 4 is 11.9 Å². The topological polar surface area (TPSA) is 64.6 Å². The number of halogens is 1. The van der Waals surface area contributed by atoms with Crippen molar-refractivity contribution in [2.75, 3.05) is 13.7 Å². The maximum Gasteiger partial charge on any atom is 0.328 e. The molecule has 1 heterocycles. The van der Waals surface area contributed by atoms with Gasteiger partial charge in [-0.05, 0) is 30.5 Å². The molecule has 1 N–H and O–H groups in total. The normalized spacial score (nSPS) is 19.0. The molecule has 0 radical (unpaired) electrons. The third-order valence-electron chi connectivity index (χ3n) is 3.35. The molecule has 6 heteroatoms. The first-order valence-electron chi connectivity index (χ1n) is 6.84. The molecule has 1 aliphatic rings. The number of esters is 1. The Labute approximate surface area is 122 Å². The Morgan fingerprint density at radius 1 is 1.52 bits per heavy atom. The Morgan fingerprint density at radius 3 is 2.95 bits per heavy atom. The summed E-state index contributed by atoms with van der Waals surface area (Å²) in [5.74, 6) is -1.29. The lowest BCUT2D eigenvalue weighted by molar-refractivity contribution is -0.146. The Kier molecular flexibility index (Phi) is 5.27. The molecule has 21 heavy (non-hydrogen) atoms. The average Bonchev–Trinajstić information content (AvgIpc) is 3.00. The molecule has 0 bridgehead atoms. The molecule has 114 valence electrons. The van der Waals surface area contributed by atoms with Crippen LogP contribution >= 0.6 is 0 Å². The Balaban J connectivity index is 2.03. The maximum atomic E-state index is 13.2. The number of nitrogens with one attached hydrogen (secondary N) is 1. The van der Waals surface area contributed by atoms with E-state index in [1.165, 1.54) is 19.2 Å².